The number of aryl methyl sites for hydroxylation is 2. The highest BCUT2D eigenvalue weighted by molar-refractivity contribution is 5.88. The van der Waals surface area contributed by atoms with Gasteiger partial charge in [0.05, 0.1) is 5.69 Å². The lowest BCUT2D eigenvalue weighted by Crippen LogP contribution is -2.28. The minimum atomic E-state index is -1.32. The number of benzene rings is 1. The van der Waals surface area contributed by atoms with Gasteiger partial charge in [0.15, 0.2) is 0 Å². The van der Waals surface area contributed by atoms with E-state index in [1.165, 1.54) is 6.07 Å². The molecule has 0 unspecified atom stereocenters. The molecule has 0 amide bonds. The van der Waals surface area contributed by atoms with Crippen molar-refractivity contribution in [2.75, 3.05) is 19.0 Å². The highest BCUT2D eigenvalue weighted by atomic mass is 16.5. The fourth-order valence-electron chi connectivity index (χ4n) is 3.21. The molecule has 0 radical (unpaired) electrons. The van der Waals surface area contributed by atoms with Crippen LogP contribution in [-0.4, -0.2) is 35.1 Å². The molecule has 0 bridgehead atoms. The second-order valence-corrected chi connectivity index (χ2v) is 6.30. The molecule has 1 aromatic carbocycles. The van der Waals surface area contributed by atoms with Crippen molar-refractivity contribution in [1.82, 2.24) is 4.73 Å². The molecule has 24 heavy (non-hydrogen) atoms. The Bertz CT molecular complexity index is 868. The van der Waals surface area contributed by atoms with Gasteiger partial charge in [0, 0.05) is 25.3 Å². The normalized spacial score (nSPS) is 13.4. The van der Waals surface area contributed by atoms with Crippen LogP contribution in [0.2, 0.25) is 0 Å². The number of hydrogen-bond acceptors (Lipinski definition) is 4. The van der Waals surface area contributed by atoms with Crippen LogP contribution in [0.1, 0.15) is 34.3 Å². The van der Waals surface area contributed by atoms with Gasteiger partial charge in [-0.1, -0.05) is 6.07 Å². The zero-order valence-corrected chi connectivity index (χ0v) is 13.7. The maximum atomic E-state index is 12.2. The van der Waals surface area contributed by atoms with E-state index in [0.29, 0.717) is 22.4 Å². The van der Waals surface area contributed by atoms with E-state index >= 15 is 0 Å². The maximum Gasteiger partial charge on any atom is 0.341 e. The van der Waals surface area contributed by atoms with E-state index in [1.54, 1.807) is 0 Å². The Balaban J connectivity index is 2.30. The molecule has 2 aromatic rings. The first-order valence-corrected chi connectivity index (χ1v) is 7.92. The van der Waals surface area contributed by atoms with Crippen LogP contribution in [0.15, 0.2) is 29.1 Å². The molecule has 0 aliphatic heterocycles. The highest BCUT2D eigenvalue weighted by Gasteiger charge is 2.23. The molecule has 0 fully saturated rings. The van der Waals surface area contributed by atoms with E-state index in [4.69, 9.17) is 0 Å². The van der Waals surface area contributed by atoms with Gasteiger partial charge in [-0.25, -0.2) is 4.79 Å². The maximum absolute atomic E-state index is 12.2. The van der Waals surface area contributed by atoms with E-state index in [1.807, 2.05) is 31.1 Å². The molecule has 1 heterocycles. The summed E-state index contributed by atoms with van der Waals surface area (Å²) in [4.78, 5) is 25.4. The molecule has 3 rings (SSSR count). The topological polar surface area (TPSA) is 82.8 Å². The van der Waals surface area contributed by atoms with Crippen LogP contribution in [0.3, 0.4) is 0 Å². The van der Waals surface area contributed by atoms with Gasteiger partial charge in [0.25, 0.3) is 5.56 Å². The molecule has 1 aromatic heterocycles. The van der Waals surface area contributed by atoms with E-state index < -0.39 is 17.1 Å². The van der Waals surface area contributed by atoms with E-state index in [-0.39, 0.29) is 0 Å². The number of nitrogens with zero attached hydrogens (tertiary/aromatic N) is 2. The molecule has 0 saturated carbocycles. The number of aromatic nitrogens is 1. The first-order chi connectivity index (χ1) is 11.4. The van der Waals surface area contributed by atoms with Crippen molar-refractivity contribution >= 4 is 11.7 Å². The number of aromatic carboxylic acids is 1. The van der Waals surface area contributed by atoms with Crippen molar-refractivity contribution in [2.24, 2.45) is 0 Å². The Kier molecular flexibility index (Phi) is 4.05. The Hall–Kier alpha value is -2.76. The number of pyridine rings is 1. The molecular formula is C18H20N2O4. The number of fused-ring (bicyclic) bond motifs is 3. The van der Waals surface area contributed by atoms with Crippen molar-refractivity contribution in [2.45, 2.75) is 25.7 Å². The quantitative estimate of drug-likeness (QED) is 0.827. The third kappa shape index (κ3) is 2.64. The Morgan fingerprint density at radius 1 is 1.12 bits per heavy atom. The van der Waals surface area contributed by atoms with Gasteiger partial charge < -0.3 is 15.2 Å². The first kappa shape index (κ1) is 16.1. The molecule has 6 heteroatoms. The zero-order valence-electron chi connectivity index (χ0n) is 13.7. The smallest absolute Gasteiger partial charge is 0.341 e. The van der Waals surface area contributed by atoms with Gasteiger partial charge in [-0.15, -0.1) is 4.73 Å². The van der Waals surface area contributed by atoms with Gasteiger partial charge in [0.1, 0.15) is 5.56 Å². The monoisotopic (exact) mass is 328 g/mol. The lowest BCUT2D eigenvalue weighted by molar-refractivity contribution is 0.0688. The van der Waals surface area contributed by atoms with Crippen LogP contribution in [0.25, 0.3) is 11.3 Å². The van der Waals surface area contributed by atoms with Crippen LogP contribution in [-0.2, 0) is 12.8 Å². The number of carbonyl (C=O) groups is 1. The fraction of sp³-hybridized carbons (Fsp3) is 0.333. The number of anilines is 1. The second-order valence-electron chi connectivity index (χ2n) is 6.30. The summed E-state index contributed by atoms with van der Waals surface area (Å²) in [5.41, 5.74) is 2.68. The predicted octanol–water partition coefficient (Wildman–Crippen LogP) is 2.40. The molecule has 0 atom stereocenters. The predicted molar refractivity (Wildman–Crippen MR) is 91.3 cm³/mol. The lowest BCUT2D eigenvalue weighted by Gasteiger charge is -2.22. The molecule has 0 saturated heterocycles. The summed E-state index contributed by atoms with van der Waals surface area (Å²) in [5.74, 6) is -1.32. The van der Waals surface area contributed by atoms with Crippen LogP contribution in [0.5, 0.6) is 0 Å². The van der Waals surface area contributed by atoms with Crippen molar-refractivity contribution in [3.63, 3.8) is 0 Å². The fourth-order valence-corrected chi connectivity index (χ4v) is 3.21. The number of rotatable bonds is 2. The van der Waals surface area contributed by atoms with Crippen LogP contribution in [0, 0.1) is 0 Å². The average Bonchev–Trinajstić information content (AvgIpc) is 2.52. The van der Waals surface area contributed by atoms with Crippen LogP contribution < -0.4 is 10.5 Å². The van der Waals surface area contributed by atoms with Gasteiger partial charge in [0.2, 0.25) is 0 Å². The van der Waals surface area contributed by atoms with E-state index in [2.05, 4.69) is 6.07 Å². The second kappa shape index (κ2) is 6.03. The SMILES string of the molecule is CN(C)c1ccc2c(c1)CCCCc1cc(C(=O)O)c(=O)n(O)c1-2. The Labute approximate surface area is 139 Å². The van der Waals surface area contributed by atoms with Crippen molar-refractivity contribution < 1.29 is 15.1 Å². The minimum Gasteiger partial charge on any atom is -0.477 e. The lowest BCUT2D eigenvalue weighted by atomic mass is 9.90. The summed E-state index contributed by atoms with van der Waals surface area (Å²) in [7, 11) is 3.92. The molecule has 126 valence electrons. The van der Waals surface area contributed by atoms with Gasteiger partial charge in [-0.05, 0) is 55.0 Å². The summed E-state index contributed by atoms with van der Waals surface area (Å²) in [6.07, 6.45) is 3.32. The van der Waals surface area contributed by atoms with Crippen molar-refractivity contribution in [3.05, 3.63) is 51.3 Å². The average molecular weight is 328 g/mol. The summed E-state index contributed by atoms with van der Waals surface area (Å²) < 4.78 is 0.498. The standard InChI is InChI=1S/C18H20N2O4/c1-19(2)13-7-8-14-11(9-13)5-3-4-6-12-10-15(18(22)23)17(21)20(24)16(12)14/h7-10,24H,3-6H2,1-2H3,(H,22,23). The molecule has 1 aliphatic carbocycles. The molecular weight excluding hydrogens is 308 g/mol. The molecule has 1 aliphatic rings. The summed E-state index contributed by atoms with van der Waals surface area (Å²) in [6, 6.07) is 7.28. The van der Waals surface area contributed by atoms with Crippen LogP contribution in [0.4, 0.5) is 5.69 Å². The summed E-state index contributed by atoms with van der Waals surface area (Å²) in [6.45, 7) is 0. The van der Waals surface area contributed by atoms with Crippen LogP contribution >= 0.6 is 0 Å². The molecule has 2 N–H and O–H groups in total. The third-order valence-corrected chi connectivity index (χ3v) is 4.49. The van der Waals surface area contributed by atoms with Gasteiger partial charge in [-0.2, -0.15) is 0 Å². The first-order valence-electron chi connectivity index (χ1n) is 7.92. The number of carboxylic acid groups (broad SMARTS) is 1. The highest BCUT2D eigenvalue weighted by Crippen LogP contribution is 2.33. The van der Waals surface area contributed by atoms with E-state index in [9.17, 15) is 19.9 Å². The molecule has 0 spiro atoms. The van der Waals surface area contributed by atoms with Crippen molar-refractivity contribution in [1.29, 1.82) is 0 Å². The zero-order chi connectivity index (χ0) is 17.4. The Morgan fingerprint density at radius 3 is 2.42 bits per heavy atom. The summed E-state index contributed by atoms with van der Waals surface area (Å²) in [5, 5.41) is 19.5. The van der Waals surface area contributed by atoms with Gasteiger partial charge in [-0.3, -0.25) is 4.79 Å². The number of hydrogen-bond donors (Lipinski definition) is 2. The number of carboxylic acids is 1. The minimum absolute atomic E-state index is 0.400. The van der Waals surface area contributed by atoms with E-state index in [0.717, 1.165) is 36.1 Å². The third-order valence-electron chi connectivity index (χ3n) is 4.49. The summed E-state index contributed by atoms with van der Waals surface area (Å²) >= 11 is 0. The van der Waals surface area contributed by atoms with Gasteiger partial charge >= 0.3 is 5.97 Å². The largest absolute Gasteiger partial charge is 0.477 e. The van der Waals surface area contributed by atoms with Crippen molar-refractivity contribution in [3.8, 4) is 11.3 Å². The Morgan fingerprint density at radius 2 is 1.79 bits per heavy atom. The molecule has 6 nitrogen and oxygen atoms in total.